The number of aliphatic hydroxyl groups is 4. The maximum absolute atomic E-state index is 11.5. The fourth-order valence-electron chi connectivity index (χ4n) is 1.94. The lowest BCUT2D eigenvalue weighted by molar-refractivity contribution is -0.172. The van der Waals surface area contributed by atoms with E-state index in [2.05, 4.69) is 9.47 Å². The molecule has 16 heteroatoms. The van der Waals surface area contributed by atoms with Gasteiger partial charge in [-0.05, 0) is 0 Å². The van der Waals surface area contributed by atoms with Crippen molar-refractivity contribution in [2.24, 2.45) is 0 Å². The Kier molecular flexibility index (Phi) is 14.9. The molecule has 0 aliphatic heterocycles. The fraction of sp³-hybridized carbons (Fsp3) is 0.647. The maximum Gasteiger partial charge on any atom is 0.336 e. The molecule has 0 amide bonds. The number of carbonyl (C=O) groups is 6. The predicted octanol–water partition coefficient (Wildman–Crippen LogP) is -3.21. The summed E-state index contributed by atoms with van der Waals surface area (Å²) in [6.45, 7) is -1.10. The van der Waals surface area contributed by atoms with Crippen LogP contribution >= 0.6 is 0 Å². The number of aliphatic hydroxyl groups excluding tert-OH is 2. The van der Waals surface area contributed by atoms with E-state index in [9.17, 15) is 39.0 Å². The summed E-state index contributed by atoms with van der Waals surface area (Å²) in [6, 6.07) is 0. The highest BCUT2D eigenvalue weighted by atomic mass is 16.5. The molecule has 33 heavy (non-hydrogen) atoms. The molecule has 0 aliphatic rings. The largest absolute Gasteiger partial charge is 0.481 e. The third-order valence-electron chi connectivity index (χ3n) is 3.47. The molecule has 0 aromatic carbocycles. The highest BCUT2D eigenvalue weighted by molar-refractivity contribution is 5.89. The Morgan fingerprint density at radius 2 is 0.879 bits per heavy atom. The van der Waals surface area contributed by atoms with E-state index in [-0.39, 0.29) is 19.6 Å². The molecule has 2 unspecified atom stereocenters. The fourth-order valence-corrected chi connectivity index (χ4v) is 1.94. The Morgan fingerprint density at radius 3 is 1.09 bits per heavy atom. The van der Waals surface area contributed by atoms with Gasteiger partial charge in [0.25, 0.3) is 0 Å². The number of ether oxygens (including phenoxy) is 2. The van der Waals surface area contributed by atoms with E-state index in [0.29, 0.717) is 0 Å². The molecule has 0 aromatic heterocycles. The normalized spacial score (nSPS) is 13.8. The van der Waals surface area contributed by atoms with Crippen LogP contribution in [0.15, 0.2) is 0 Å². The van der Waals surface area contributed by atoms with Gasteiger partial charge in [-0.15, -0.1) is 0 Å². The third kappa shape index (κ3) is 14.4. The maximum atomic E-state index is 11.5. The van der Waals surface area contributed by atoms with Crippen molar-refractivity contribution in [3.05, 3.63) is 0 Å². The minimum Gasteiger partial charge on any atom is -0.481 e. The number of esters is 2. The summed E-state index contributed by atoms with van der Waals surface area (Å²) in [5, 5.41) is 69.3. The molecule has 2 atom stereocenters. The van der Waals surface area contributed by atoms with Crippen LogP contribution in [-0.4, -0.2) is 114 Å². The monoisotopic (exact) mass is 486 g/mol. The lowest BCUT2D eigenvalue weighted by Gasteiger charge is -2.20. The Morgan fingerprint density at radius 1 is 0.576 bits per heavy atom. The average molecular weight is 486 g/mol. The number of rotatable bonds is 15. The van der Waals surface area contributed by atoms with Crippen LogP contribution in [0.2, 0.25) is 0 Å². The number of carbonyl (C=O) groups excluding carboxylic acids is 2. The number of hydrogen-bond acceptors (Lipinski definition) is 12. The van der Waals surface area contributed by atoms with Crippen LogP contribution in [0, 0.1) is 0 Å². The van der Waals surface area contributed by atoms with Crippen LogP contribution < -0.4 is 0 Å². The molecule has 0 saturated heterocycles. The molecule has 0 rings (SSSR count). The Hall–Kier alpha value is -3.34. The van der Waals surface area contributed by atoms with Crippen molar-refractivity contribution < 1.29 is 79.1 Å². The van der Waals surface area contributed by atoms with E-state index < -0.39 is 85.9 Å². The van der Waals surface area contributed by atoms with Crippen LogP contribution in [0.4, 0.5) is 0 Å². The first kappa shape index (κ1) is 31.8. The van der Waals surface area contributed by atoms with Crippen molar-refractivity contribution in [2.45, 2.75) is 43.3 Å². The van der Waals surface area contributed by atoms with Crippen LogP contribution in [0.1, 0.15) is 32.1 Å². The van der Waals surface area contributed by atoms with Crippen molar-refractivity contribution in [1.82, 2.24) is 0 Å². The van der Waals surface area contributed by atoms with E-state index in [1.807, 2.05) is 0 Å². The predicted molar refractivity (Wildman–Crippen MR) is 99.6 cm³/mol. The van der Waals surface area contributed by atoms with Crippen LogP contribution in [0.5, 0.6) is 0 Å². The summed E-state index contributed by atoms with van der Waals surface area (Å²) in [5.41, 5.74) is -5.72. The summed E-state index contributed by atoms with van der Waals surface area (Å²) in [6.07, 6.45) is -4.91. The molecular weight excluding hydrogens is 460 g/mol. The van der Waals surface area contributed by atoms with Crippen LogP contribution in [0.3, 0.4) is 0 Å². The lowest BCUT2D eigenvalue weighted by Crippen LogP contribution is -2.43. The summed E-state index contributed by atoms with van der Waals surface area (Å²) in [4.78, 5) is 65.9. The van der Waals surface area contributed by atoms with Gasteiger partial charge >= 0.3 is 35.8 Å². The first-order chi connectivity index (χ1) is 15.1. The minimum absolute atomic E-state index is 0.125. The Bertz CT molecular complexity index is 645. The molecule has 0 heterocycles. The molecule has 0 spiro atoms. The third-order valence-corrected chi connectivity index (χ3v) is 3.47. The first-order valence-electron chi connectivity index (χ1n) is 9.01. The summed E-state index contributed by atoms with van der Waals surface area (Å²) < 4.78 is 9.15. The molecule has 0 fully saturated rings. The van der Waals surface area contributed by atoms with Gasteiger partial charge in [-0.3, -0.25) is 19.2 Å². The van der Waals surface area contributed by atoms with Gasteiger partial charge in [-0.2, -0.15) is 0 Å². The number of hydrogen-bond donors (Lipinski definition) is 8. The zero-order chi connectivity index (χ0) is 26.2. The average Bonchev–Trinajstić information content (AvgIpc) is 2.66. The molecule has 8 N–H and O–H groups in total. The van der Waals surface area contributed by atoms with E-state index in [4.69, 9.17) is 30.6 Å². The summed E-state index contributed by atoms with van der Waals surface area (Å²) in [7, 11) is 0. The van der Waals surface area contributed by atoms with Crippen molar-refractivity contribution in [1.29, 1.82) is 0 Å². The number of carboxylic acids is 4. The Balaban J connectivity index is 0. The van der Waals surface area contributed by atoms with Crippen molar-refractivity contribution >= 4 is 35.8 Å². The molecule has 0 aliphatic carbocycles. The topological polar surface area (TPSA) is 283 Å². The number of carboxylic acid groups (broad SMARTS) is 4. The first-order valence-corrected chi connectivity index (χ1v) is 9.01. The van der Waals surface area contributed by atoms with Gasteiger partial charge in [0.05, 0.1) is 52.1 Å². The van der Waals surface area contributed by atoms with Gasteiger partial charge in [0.15, 0.2) is 11.2 Å². The van der Waals surface area contributed by atoms with Crippen LogP contribution in [-0.2, 0) is 38.2 Å². The standard InChI is InChI=1S/C15H20O14.C2H6O2/c16-8(17)4-14(26,12(22)23)6-10(20)28-2-1-3-29-11(21)7-15(27,13(24)25)5-9(18)19;3-1-2-4/h26-27H,1-7H2,(H,16,17)(H,18,19)(H,22,23)(H,24,25);3-4H,1-2H2. The molecule has 190 valence electrons. The second-order valence-electron chi connectivity index (χ2n) is 6.41. The SMILES string of the molecule is O=C(O)CC(O)(CC(=O)OCCCOC(=O)CC(O)(CC(=O)O)C(=O)O)C(=O)O.OCCO. The lowest BCUT2D eigenvalue weighted by atomic mass is 9.96. The van der Waals surface area contributed by atoms with E-state index in [0.717, 1.165) is 0 Å². The van der Waals surface area contributed by atoms with Gasteiger partial charge in [-0.1, -0.05) is 0 Å². The van der Waals surface area contributed by atoms with E-state index in [1.165, 1.54) is 0 Å². The van der Waals surface area contributed by atoms with Crippen molar-refractivity contribution in [3.8, 4) is 0 Å². The van der Waals surface area contributed by atoms with Gasteiger partial charge in [-0.25, -0.2) is 9.59 Å². The van der Waals surface area contributed by atoms with Crippen molar-refractivity contribution in [3.63, 3.8) is 0 Å². The van der Waals surface area contributed by atoms with Gasteiger partial charge in [0, 0.05) is 6.42 Å². The zero-order valence-electron chi connectivity index (χ0n) is 17.2. The molecule has 0 saturated carbocycles. The van der Waals surface area contributed by atoms with E-state index >= 15 is 0 Å². The van der Waals surface area contributed by atoms with E-state index in [1.54, 1.807) is 0 Å². The van der Waals surface area contributed by atoms with Gasteiger partial charge < -0.3 is 50.3 Å². The second-order valence-corrected chi connectivity index (χ2v) is 6.41. The smallest absolute Gasteiger partial charge is 0.336 e. The number of aliphatic carboxylic acids is 4. The Labute approximate surface area is 185 Å². The molecule has 16 nitrogen and oxygen atoms in total. The van der Waals surface area contributed by atoms with Gasteiger partial charge in [0.1, 0.15) is 0 Å². The van der Waals surface area contributed by atoms with Crippen LogP contribution in [0.25, 0.3) is 0 Å². The molecule has 0 aromatic rings. The van der Waals surface area contributed by atoms with Crippen molar-refractivity contribution in [2.75, 3.05) is 26.4 Å². The molecular formula is C17H26O16. The quantitative estimate of drug-likeness (QED) is 0.0834. The van der Waals surface area contributed by atoms with Gasteiger partial charge in [0.2, 0.25) is 0 Å². The second kappa shape index (κ2) is 15.5. The summed E-state index contributed by atoms with van der Waals surface area (Å²) >= 11 is 0. The highest BCUT2D eigenvalue weighted by Gasteiger charge is 2.42. The minimum atomic E-state index is -2.86. The molecule has 0 radical (unpaired) electrons. The highest BCUT2D eigenvalue weighted by Crippen LogP contribution is 2.18. The summed E-state index contributed by atoms with van der Waals surface area (Å²) in [5.74, 6) is -9.64. The zero-order valence-corrected chi connectivity index (χ0v) is 17.2. The molecule has 0 bridgehead atoms.